The van der Waals surface area contributed by atoms with E-state index in [1.807, 2.05) is 43.0 Å². The Hall–Kier alpha value is -1.94. The van der Waals surface area contributed by atoms with Crippen molar-refractivity contribution in [2.24, 2.45) is 4.99 Å². The molecule has 1 saturated carbocycles. The molecule has 0 aliphatic heterocycles. The average molecular weight is 569 g/mol. The molecule has 0 heterocycles. The lowest BCUT2D eigenvalue weighted by Crippen LogP contribution is -2.41. The molecule has 0 atom stereocenters. The van der Waals surface area contributed by atoms with Crippen LogP contribution < -0.4 is 20.7 Å². The molecule has 6 nitrogen and oxygen atoms in total. The van der Waals surface area contributed by atoms with Gasteiger partial charge in [0.05, 0.1) is 6.54 Å². The van der Waals surface area contributed by atoms with Gasteiger partial charge in [0.25, 0.3) is 5.91 Å². The van der Waals surface area contributed by atoms with Crippen molar-refractivity contribution < 1.29 is 9.53 Å². The molecule has 3 N–H and O–H groups in total. The summed E-state index contributed by atoms with van der Waals surface area (Å²) in [5.74, 6) is 1.37. The van der Waals surface area contributed by atoms with Crippen molar-refractivity contribution in [3.8, 4) is 5.75 Å². The number of carbonyl (C=O) groups excluding carboxylic acids is 1. The van der Waals surface area contributed by atoms with Gasteiger partial charge in [-0.3, -0.25) is 4.79 Å². The lowest BCUT2D eigenvalue weighted by molar-refractivity contribution is -0.122. The lowest BCUT2D eigenvalue weighted by Gasteiger charge is -2.18. The number of rotatable bonds is 11. The Labute approximate surface area is 212 Å². The summed E-state index contributed by atoms with van der Waals surface area (Å²) in [5.41, 5.74) is 1.03. The first-order chi connectivity index (χ1) is 15.1. The molecule has 0 radical (unpaired) electrons. The van der Waals surface area contributed by atoms with E-state index in [0.717, 1.165) is 24.6 Å². The fraction of sp³-hybridized carbons (Fsp3) is 0.417. The summed E-state index contributed by atoms with van der Waals surface area (Å²) < 4.78 is 5.83. The summed E-state index contributed by atoms with van der Waals surface area (Å²) in [6.45, 7) is 6.80. The van der Waals surface area contributed by atoms with Crippen LogP contribution in [0.25, 0.3) is 0 Å². The maximum absolute atomic E-state index is 11.6. The summed E-state index contributed by atoms with van der Waals surface area (Å²) in [6.07, 6.45) is 2.42. The number of guanidine groups is 1. The smallest absolute Gasteiger partial charge is 0.257 e. The zero-order chi connectivity index (χ0) is 21.9. The standard InChI is InChI=1S/C24H32N4O2S.HI/c1-3-25-22(29)17-30-20-10-8-9-19(15-20)16-27-23(26-4-2)28-18-24(13-14-24)31-21-11-6-5-7-12-21;/h5-12,15H,3-4,13-14,16-18H2,1-2H3,(H,25,29)(H2,26,27,28);1H. The van der Waals surface area contributed by atoms with Crippen LogP contribution in [0.4, 0.5) is 0 Å². The van der Waals surface area contributed by atoms with Gasteiger partial charge in [-0.2, -0.15) is 0 Å². The molecule has 8 heteroatoms. The first-order valence-corrected chi connectivity index (χ1v) is 11.7. The second kappa shape index (κ2) is 13.6. The van der Waals surface area contributed by atoms with Crippen LogP contribution in [0.15, 0.2) is 64.5 Å². The van der Waals surface area contributed by atoms with E-state index in [0.29, 0.717) is 18.8 Å². The highest BCUT2D eigenvalue weighted by molar-refractivity contribution is 14.0. The summed E-state index contributed by atoms with van der Waals surface area (Å²) >= 11 is 1.95. The molecule has 3 rings (SSSR count). The number of hydrogen-bond donors (Lipinski definition) is 3. The molecular formula is C24H33IN4O2S. The predicted octanol–water partition coefficient (Wildman–Crippen LogP) is 4.20. The van der Waals surface area contributed by atoms with Gasteiger partial charge in [0.2, 0.25) is 0 Å². The topological polar surface area (TPSA) is 74.8 Å². The zero-order valence-electron chi connectivity index (χ0n) is 18.7. The number of nitrogens with zero attached hydrogens (tertiary/aromatic N) is 1. The van der Waals surface area contributed by atoms with E-state index in [1.54, 1.807) is 0 Å². The highest BCUT2D eigenvalue weighted by atomic mass is 127. The summed E-state index contributed by atoms with van der Waals surface area (Å²) in [6, 6.07) is 18.3. The molecule has 2 aromatic rings. The number of benzene rings is 2. The molecule has 2 aromatic carbocycles. The fourth-order valence-electron chi connectivity index (χ4n) is 3.08. The van der Waals surface area contributed by atoms with Crippen molar-refractivity contribution in [3.05, 3.63) is 60.2 Å². The van der Waals surface area contributed by atoms with Crippen LogP contribution in [-0.4, -0.2) is 42.9 Å². The molecule has 1 aliphatic rings. The number of thioether (sulfide) groups is 1. The van der Waals surface area contributed by atoms with Crippen LogP contribution in [-0.2, 0) is 11.3 Å². The Bertz CT molecular complexity index is 875. The Morgan fingerprint density at radius 3 is 2.47 bits per heavy atom. The largest absolute Gasteiger partial charge is 0.484 e. The fourth-order valence-corrected chi connectivity index (χ4v) is 4.32. The van der Waals surface area contributed by atoms with Gasteiger partial charge in [0.1, 0.15) is 5.75 Å². The first kappa shape index (κ1) is 26.3. The van der Waals surface area contributed by atoms with Crippen LogP contribution in [0.1, 0.15) is 32.3 Å². The van der Waals surface area contributed by atoms with Crippen LogP contribution in [0.3, 0.4) is 0 Å². The Morgan fingerprint density at radius 1 is 1.03 bits per heavy atom. The Kier molecular flexibility index (Phi) is 11.2. The van der Waals surface area contributed by atoms with Crippen LogP contribution in [0, 0.1) is 0 Å². The molecule has 1 fully saturated rings. The summed E-state index contributed by atoms with van der Waals surface area (Å²) in [7, 11) is 0. The number of ether oxygens (including phenoxy) is 1. The molecule has 0 unspecified atom stereocenters. The highest BCUT2D eigenvalue weighted by Gasteiger charge is 2.43. The van der Waals surface area contributed by atoms with E-state index in [1.165, 1.54) is 17.7 Å². The van der Waals surface area contributed by atoms with Gasteiger partial charge in [-0.15, -0.1) is 35.7 Å². The van der Waals surface area contributed by atoms with Crippen molar-refractivity contribution in [2.75, 3.05) is 26.2 Å². The van der Waals surface area contributed by atoms with Crippen molar-refractivity contribution >= 4 is 47.6 Å². The van der Waals surface area contributed by atoms with Crippen LogP contribution in [0.5, 0.6) is 5.75 Å². The normalized spacial score (nSPS) is 14.1. The minimum Gasteiger partial charge on any atom is -0.484 e. The molecule has 174 valence electrons. The first-order valence-electron chi connectivity index (χ1n) is 10.9. The molecule has 1 amide bonds. The van der Waals surface area contributed by atoms with Crippen molar-refractivity contribution in [2.45, 2.75) is 42.9 Å². The Balaban J connectivity index is 0.00000363. The average Bonchev–Trinajstić information content (AvgIpc) is 3.55. The molecule has 0 spiro atoms. The van der Waals surface area contributed by atoms with E-state index in [4.69, 9.17) is 9.73 Å². The molecule has 32 heavy (non-hydrogen) atoms. The maximum atomic E-state index is 11.6. The van der Waals surface area contributed by atoms with E-state index in [2.05, 4.69) is 53.2 Å². The van der Waals surface area contributed by atoms with Gasteiger partial charge >= 0.3 is 0 Å². The van der Waals surface area contributed by atoms with Crippen molar-refractivity contribution in [1.82, 2.24) is 16.0 Å². The van der Waals surface area contributed by atoms with E-state index in [9.17, 15) is 4.79 Å². The van der Waals surface area contributed by atoms with Gasteiger partial charge in [-0.25, -0.2) is 4.99 Å². The number of amides is 1. The SMILES string of the molecule is CCNC(=O)COc1cccc(CN=C(NCC)NCC2(Sc3ccccc3)CC2)c1.I. The minimum absolute atomic E-state index is 0. The summed E-state index contributed by atoms with van der Waals surface area (Å²) in [5, 5.41) is 9.57. The molecule has 0 aromatic heterocycles. The minimum atomic E-state index is -0.119. The lowest BCUT2D eigenvalue weighted by atomic mass is 10.2. The van der Waals surface area contributed by atoms with Crippen LogP contribution in [0.2, 0.25) is 0 Å². The van der Waals surface area contributed by atoms with E-state index < -0.39 is 0 Å². The molecule has 0 bridgehead atoms. The molecular weight excluding hydrogens is 535 g/mol. The van der Waals surface area contributed by atoms with Crippen LogP contribution >= 0.6 is 35.7 Å². The quantitative estimate of drug-likeness (QED) is 0.215. The molecule has 1 aliphatic carbocycles. The third-order valence-corrected chi connectivity index (χ3v) is 6.36. The number of hydrogen-bond acceptors (Lipinski definition) is 4. The highest BCUT2D eigenvalue weighted by Crippen LogP contribution is 2.51. The van der Waals surface area contributed by atoms with Gasteiger partial charge in [0, 0.05) is 29.3 Å². The number of carbonyl (C=O) groups is 1. The second-order valence-corrected chi connectivity index (χ2v) is 9.08. The number of nitrogens with one attached hydrogen (secondary N) is 3. The third-order valence-electron chi connectivity index (χ3n) is 4.87. The zero-order valence-corrected chi connectivity index (χ0v) is 21.9. The van der Waals surface area contributed by atoms with Gasteiger partial charge in [-0.05, 0) is 56.5 Å². The monoisotopic (exact) mass is 568 g/mol. The number of likely N-dealkylation sites (N-methyl/N-ethyl adjacent to an activating group) is 1. The molecule has 0 saturated heterocycles. The van der Waals surface area contributed by atoms with E-state index >= 15 is 0 Å². The van der Waals surface area contributed by atoms with Crippen molar-refractivity contribution in [1.29, 1.82) is 0 Å². The second-order valence-electron chi connectivity index (χ2n) is 7.54. The third kappa shape index (κ3) is 8.90. The van der Waals surface area contributed by atoms with E-state index in [-0.39, 0.29) is 41.2 Å². The Morgan fingerprint density at radius 2 is 1.78 bits per heavy atom. The predicted molar refractivity (Wildman–Crippen MR) is 143 cm³/mol. The maximum Gasteiger partial charge on any atom is 0.257 e. The van der Waals surface area contributed by atoms with Gasteiger partial charge < -0.3 is 20.7 Å². The van der Waals surface area contributed by atoms with Gasteiger partial charge in [-0.1, -0.05) is 30.3 Å². The summed E-state index contributed by atoms with van der Waals surface area (Å²) in [4.78, 5) is 17.6. The number of halogens is 1. The number of aliphatic imine (C=N–C) groups is 1. The van der Waals surface area contributed by atoms with Gasteiger partial charge in [0.15, 0.2) is 12.6 Å². The van der Waals surface area contributed by atoms with Crippen molar-refractivity contribution in [3.63, 3.8) is 0 Å².